The van der Waals surface area contributed by atoms with Crippen molar-refractivity contribution < 1.29 is 9.90 Å². The van der Waals surface area contributed by atoms with Crippen LogP contribution < -0.4 is 0 Å². The van der Waals surface area contributed by atoms with Gasteiger partial charge in [0.15, 0.2) is 0 Å². The summed E-state index contributed by atoms with van der Waals surface area (Å²) in [5, 5.41) is 9.08. The van der Waals surface area contributed by atoms with Gasteiger partial charge in [-0.15, -0.1) is 0 Å². The lowest BCUT2D eigenvalue weighted by molar-refractivity contribution is -0.149. The summed E-state index contributed by atoms with van der Waals surface area (Å²) in [5.41, 5.74) is 0. The predicted molar refractivity (Wildman–Crippen MR) is 63.3 cm³/mol. The lowest BCUT2D eigenvalue weighted by Crippen LogP contribution is -2.53. The van der Waals surface area contributed by atoms with Gasteiger partial charge in [-0.25, -0.2) is 0 Å². The van der Waals surface area contributed by atoms with Crippen molar-refractivity contribution in [3.05, 3.63) is 0 Å². The average Bonchev–Trinajstić information content (AvgIpc) is 2.14. The van der Waals surface area contributed by atoms with Gasteiger partial charge in [-0.3, -0.25) is 9.69 Å². The minimum Gasteiger partial charge on any atom is -0.481 e. The third-order valence-electron chi connectivity index (χ3n) is 4.56. The summed E-state index contributed by atoms with van der Waals surface area (Å²) in [6, 6.07) is 0.920. The standard InChI is InChI=1S/C13H23NO2/c1-9-4-3-5-10(8-9)14(2)12-7-6-11(12)13(15)16/h9-12H,3-8H2,1-2H3,(H,15,16). The van der Waals surface area contributed by atoms with E-state index in [4.69, 9.17) is 5.11 Å². The zero-order valence-electron chi connectivity index (χ0n) is 10.4. The topological polar surface area (TPSA) is 40.5 Å². The summed E-state index contributed by atoms with van der Waals surface area (Å²) < 4.78 is 0. The highest BCUT2D eigenvalue weighted by molar-refractivity contribution is 5.72. The van der Waals surface area contributed by atoms with E-state index in [-0.39, 0.29) is 5.92 Å². The fourth-order valence-electron chi connectivity index (χ4n) is 3.30. The van der Waals surface area contributed by atoms with Crippen LogP contribution in [-0.4, -0.2) is 35.1 Å². The minimum absolute atomic E-state index is 0.109. The van der Waals surface area contributed by atoms with Gasteiger partial charge in [0.25, 0.3) is 0 Å². The highest BCUT2D eigenvalue weighted by atomic mass is 16.4. The lowest BCUT2D eigenvalue weighted by atomic mass is 9.76. The summed E-state index contributed by atoms with van der Waals surface area (Å²) in [6.45, 7) is 2.31. The first-order valence-corrected chi connectivity index (χ1v) is 6.54. The molecule has 0 aliphatic heterocycles. The van der Waals surface area contributed by atoms with E-state index in [1.807, 2.05) is 0 Å². The summed E-state index contributed by atoms with van der Waals surface area (Å²) in [5.74, 6) is 0.0961. The maximum atomic E-state index is 11.0. The van der Waals surface area contributed by atoms with Gasteiger partial charge in [0.2, 0.25) is 0 Å². The third kappa shape index (κ3) is 2.24. The van der Waals surface area contributed by atoms with Gasteiger partial charge in [-0.05, 0) is 38.6 Å². The molecule has 2 saturated carbocycles. The minimum atomic E-state index is -0.605. The van der Waals surface area contributed by atoms with Gasteiger partial charge >= 0.3 is 5.97 Å². The number of hydrogen-bond acceptors (Lipinski definition) is 2. The first kappa shape index (κ1) is 11.9. The number of carboxylic acids is 1. The highest BCUT2D eigenvalue weighted by Gasteiger charge is 2.41. The molecular weight excluding hydrogens is 202 g/mol. The van der Waals surface area contributed by atoms with Gasteiger partial charge in [0.05, 0.1) is 5.92 Å². The van der Waals surface area contributed by atoms with E-state index in [0.29, 0.717) is 12.1 Å². The fraction of sp³-hybridized carbons (Fsp3) is 0.923. The zero-order chi connectivity index (χ0) is 11.7. The summed E-state index contributed by atoms with van der Waals surface area (Å²) >= 11 is 0. The van der Waals surface area contributed by atoms with E-state index in [1.165, 1.54) is 25.7 Å². The molecule has 0 heterocycles. The molecule has 3 nitrogen and oxygen atoms in total. The van der Waals surface area contributed by atoms with Gasteiger partial charge in [-0.1, -0.05) is 19.8 Å². The molecule has 16 heavy (non-hydrogen) atoms. The van der Waals surface area contributed by atoms with Crippen LogP contribution >= 0.6 is 0 Å². The maximum absolute atomic E-state index is 11.0. The van der Waals surface area contributed by atoms with Crippen LogP contribution in [0.3, 0.4) is 0 Å². The molecule has 0 bridgehead atoms. The van der Waals surface area contributed by atoms with E-state index in [9.17, 15) is 4.79 Å². The molecule has 0 aromatic heterocycles. The van der Waals surface area contributed by atoms with Gasteiger partial charge in [0.1, 0.15) is 0 Å². The fourth-order valence-corrected chi connectivity index (χ4v) is 3.30. The number of aliphatic carboxylic acids is 1. The van der Waals surface area contributed by atoms with E-state index in [2.05, 4.69) is 18.9 Å². The van der Waals surface area contributed by atoms with Gasteiger partial charge in [-0.2, -0.15) is 0 Å². The molecule has 4 atom stereocenters. The van der Waals surface area contributed by atoms with Crippen LogP contribution in [0.15, 0.2) is 0 Å². The van der Waals surface area contributed by atoms with E-state index in [0.717, 1.165) is 18.8 Å². The molecule has 4 unspecified atom stereocenters. The van der Waals surface area contributed by atoms with Crippen LogP contribution in [0.2, 0.25) is 0 Å². The first-order valence-electron chi connectivity index (χ1n) is 6.54. The second kappa shape index (κ2) is 4.74. The van der Waals surface area contributed by atoms with E-state index >= 15 is 0 Å². The van der Waals surface area contributed by atoms with Crippen LogP contribution in [0.4, 0.5) is 0 Å². The number of hydrogen-bond donors (Lipinski definition) is 1. The normalized spacial score (nSPS) is 39.4. The Morgan fingerprint density at radius 3 is 2.50 bits per heavy atom. The number of carboxylic acid groups (broad SMARTS) is 1. The van der Waals surface area contributed by atoms with Crippen molar-refractivity contribution in [2.24, 2.45) is 11.8 Å². The Morgan fingerprint density at radius 2 is 2.00 bits per heavy atom. The van der Waals surface area contributed by atoms with Crippen molar-refractivity contribution in [1.82, 2.24) is 4.90 Å². The van der Waals surface area contributed by atoms with Gasteiger partial charge < -0.3 is 5.11 Å². The van der Waals surface area contributed by atoms with Crippen molar-refractivity contribution >= 4 is 5.97 Å². The van der Waals surface area contributed by atoms with Crippen molar-refractivity contribution in [1.29, 1.82) is 0 Å². The summed E-state index contributed by atoms with van der Waals surface area (Å²) in [7, 11) is 2.13. The Hall–Kier alpha value is -0.570. The molecule has 0 spiro atoms. The van der Waals surface area contributed by atoms with E-state index < -0.39 is 5.97 Å². The number of nitrogens with zero attached hydrogens (tertiary/aromatic N) is 1. The molecule has 2 rings (SSSR count). The van der Waals surface area contributed by atoms with Crippen LogP contribution in [-0.2, 0) is 4.79 Å². The van der Waals surface area contributed by atoms with Crippen LogP contribution in [0, 0.1) is 11.8 Å². The molecule has 0 saturated heterocycles. The van der Waals surface area contributed by atoms with Gasteiger partial charge in [0, 0.05) is 12.1 Å². The third-order valence-corrected chi connectivity index (χ3v) is 4.56. The van der Waals surface area contributed by atoms with Crippen molar-refractivity contribution in [2.75, 3.05) is 7.05 Å². The SMILES string of the molecule is CC1CCCC(N(C)C2CCC2C(=O)O)C1. The second-order valence-electron chi connectivity index (χ2n) is 5.68. The van der Waals surface area contributed by atoms with Crippen molar-refractivity contribution in [3.63, 3.8) is 0 Å². The van der Waals surface area contributed by atoms with Crippen LogP contribution in [0.5, 0.6) is 0 Å². The number of rotatable bonds is 3. The van der Waals surface area contributed by atoms with Crippen LogP contribution in [0.25, 0.3) is 0 Å². The smallest absolute Gasteiger partial charge is 0.308 e. The Labute approximate surface area is 97.8 Å². The zero-order valence-corrected chi connectivity index (χ0v) is 10.4. The molecule has 0 aromatic carbocycles. The lowest BCUT2D eigenvalue weighted by Gasteiger charge is -2.46. The summed E-state index contributed by atoms with van der Waals surface area (Å²) in [6.07, 6.45) is 7.09. The molecule has 0 radical (unpaired) electrons. The molecule has 2 fully saturated rings. The van der Waals surface area contributed by atoms with E-state index in [1.54, 1.807) is 0 Å². The Bertz CT molecular complexity index is 267. The highest BCUT2D eigenvalue weighted by Crippen LogP contribution is 2.36. The Balaban J connectivity index is 1.91. The maximum Gasteiger partial charge on any atom is 0.308 e. The molecule has 1 N–H and O–H groups in total. The largest absolute Gasteiger partial charge is 0.481 e. The molecule has 3 heteroatoms. The van der Waals surface area contributed by atoms with Crippen molar-refractivity contribution in [2.45, 2.75) is 57.5 Å². The monoisotopic (exact) mass is 225 g/mol. The molecular formula is C13H23NO2. The second-order valence-corrected chi connectivity index (χ2v) is 5.68. The Morgan fingerprint density at radius 1 is 1.25 bits per heavy atom. The molecule has 0 aromatic rings. The van der Waals surface area contributed by atoms with Crippen LogP contribution in [0.1, 0.15) is 45.4 Å². The number of carbonyl (C=O) groups is 1. The predicted octanol–water partition coefficient (Wildman–Crippen LogP) is 2.36. The molecule has 2 aliphatic carbocycles. The average molecular weight is 225 g/mol. The summed E-state index contributed by atoms with van der Waals surface area (Å²) in [4.78, 5) is 13.4. The Kier molecular flexibility index (Phi) is 3.53. The molecule has 0 amide bonds. The first-order chi connectivity index (χ1) is 7.59. The quantitative estimate of drug-likeness (QED) is 0.801. The molecule has 92 valence electrons. The van der Waals surface area contributed by atoms with Crippen molar-refractivity contribution in [3.8, 4) is 0 Å². The molecule has 2 aliphatic rings.